The molecule has 0 saturated carbocycles. The highest BCUT2D eigenvalue weighted by Crippen LogP contribution is 2.35. The number of hydrogen-bond donors (Lipinski definition) is 2. The molecule has 3 rings (SSSR count). The highest BCUT2D eigenvalue weighted by molar-refractivity contribution is 7.91. The molecule has 7 heteroatoms. The summed E-state index contributed by atoms with van der Waals surface area (Å²) in [6.07, 6.45) is 1.31. The summed E-state index contributed by atoms with van der Waals surface area (Å²) >= 11 is 0. The molecular weight excluding hydrogens is 390 g/mol. The first-order valence-electron chi connectivity index (χ1n) is 9.67. The molecule has 6 nitrogen and oxygen atoms in total. The predicted molar refractivity (Wildman–Crippen MR) is 112 cm³/mol. The van der Waals surface area contributed by atoms with Crippen LogP contribution in [0.5, 0.6) is 5.75 Å². The van der Waals surface area contributed by atoms with Crippen molar-refractivity contribution < 1.29 is 23.4 Å². The molecule has 2 aromatic rings. The summed E-state index contributed by atoms with van der Waals surface area (Å²) < 4.78 is 24.9. The molecule has 0 amide bonds. The Hall–Kier alpha value is -2.38. The van der Waals surface area contributed by atoms with E-state index in [-0.39, 0.29) is 11.7 Å². The summed E-state index contributed by atoms with van der Waals surface area (Å²) in [6.45, 7) is 5.13. The van der Waals surface area contributed by atoms with Gasteiger partial charge in [-0.25, -0.2) is 12.7 Å². The van der Waals surface area contributed by atoms with E-state index in [1.165, 1.54) is 18.2 Å². The molecule has 0 atom stereocenters. The third-order valence-electron chi connectivity index (χ3n) is 5.83. The number of phenolic OH excluding ortho intramolecular Hbond substituents is 1. The topological polar surface area (TPSA) is 94.9 Å². The highest BCUT2D eigenvalue weighted by atomic mass is 32.2. The van der Waals surface area contributed by atoms with Crippen LogP contribution < -0.4 is 0 Å². The molecule has 29 heavy (non-hydrogen) atoms. The van der Waals surface area contributed by atoms with E-state index in [4.69, 9.17) is 0 Å². The van der Waals surface area contributed by atoms with Gasteiger partial charge in [0, 0.05) is 13.1 Å². The molecule has 1 aliphatic rings. The number of carboxylic acid groups (broad SMARTS) is 1. The lowest BCUT2D eigenvalue weighted by molar-refractivity contribution is -0.139. The van der Waals surface area contributed by atoms with Gasteiger partial charge >= 0.3 is 5.97 Å². The normalized spacial score (nSPS) is 16.7. The quantitative estimate of drug-likeness (QED) is 0.773. The van der Waals surface area contributed by atoms with Crippen LogP contribution in [-0.2, 0) is 14.8 Å². The number of sulfonamides is 1. The lowest BCUT2D eigenvalue weighted by atomic mass is 9.87. The van der Waals surface area contributed by atoms with Gasteiger partial charge < -0.3 is 10.2 Å². The molecule has 0 spiro atoms. The van der Waals surface area contributed by atoms with Gasteiger partial charge in [0.05, 0.1) is 0 Å². The molecule has 1 saturated heterocycles. The maximum Gasteiger partial charge on any atom is 0.325 e. The monoisotopic (exact) mass is 417 g/mol. The Kier molecular flexibility index (Phi) is 5.74. The molecular formula is C22H27NO5S. The van der Waals surface area contributed by atoms with Crippen LogP contribution in [0.2, 0.25) is 0 Å². The van der Waals surface area contributed by atoms with Crippen molar-refractivity contribution in [2.24, 2.45) is 0 Å². The van der Waals surface area contributed by atoms with Crippen molar-refractivity contribution in [3.05, 3.63) is 53.6 Å². The summed E-state index contributed by atoms with van der Waals surface area (Å²) in [5, 5.41) is 19.0. The average Bonchev–Trinajstić information content (AvgIpc) is 2.67. The van der Waals surface area contributed by atoms with Crippen LogP contribution in [0.25, 0.3) is 11.1 Å². The summed E-state index contributed by atoms with van der Waals surface area (Å²) in [7, 11) is -3.91. The number of carbonyl (C=O) groups is 1. The minimum absolute atomic E-state index is 0.226. The largest absolute Gasteiger partial charge is 0.508 e. The van der Waals surface area contributed by atoms with Crippen molar-refractivity contribution in [1.29, 1.82) is 0 Å². The second-order valence-corrected chi connectivity index (χ2v) is 10.6. The second-order valence-electron chi connectivity index (χ2n) is 8.12. The van der Waals surface area contributed by atoms with Crippen molar-refractivity contribution in [1.82, 2.24) is 4.31 Å². The van der Waals surface area contributed by atoms with E-state index in [0.29, 0.717) is 25.9 Å². The molecule has 2 aromatic carbocycles. The van der Waals surface area contributed by atoms with Crippen molar-refractivity contribution in [2.75, 3.05) is 13.1 Å². The fraction of sp³-hybridized carbons (Fsp3) is 0.409. The van der Waals surface area contributed by atoms with Crippen molar-refractivity contribution in [3.8, 4) is 16.9 Å². The maximum absolute atomic E-state index is 12.7. The first-order valence-corrected chi connectivity index (χ1v) is 11.1. The predicted octanol–water partition coefficient (Wildman–Crippen LogP) is 3.74. The average molecular weight is 418 g/mol. The van der Waals surface area contributed by atoms with Crippen LogP contribution >= 0.6 is 0 Å². The molecule has 156 valence electrons. The van der Waals surface area contributed by atoms with Crippen molar-refractivity contribution in [2.45, 2.75) is 44.3 Å². The fourth-order valence-electron chi connectivity index (χ4n) is 3.80. The number of aromatic hydroxyl groups is 1. The van der Waals surface area contributed by atoms with Gasteiger partial charge in [-0.2, -0.15) is 0 Å². The molecule has 1 heterocycles. The third kappa shape index (κ3) is 4.02. The minimum Gasteiger partial charge on any atom is -0.508 e. The third-order valence-corrected chi connectivity index (χ3v) is 8.34. The Morgan fingerprint density at radius 2 is 1.76 bits per heavy atom. The van der Waals surface area contributed by atoms with Gasteiger partial charge in [-0.3, -0.25) is 4.79 Å². The van der Waals surface area contributed by atoms with Gasteiger partial charge in [-0.05, 0) is 73.9 Å². The summed E-state index contributed by atoms with van der Waals surface area (Å²) in [5.74, 6) is -0.882. The van der Waals surface area contributed by atoms with Crippen LogP contribution in [0.15, 0.2) is 42.5 Å². The number of rotatable bonds is 5. The maximum atomic E-state index is 12.7. The molecule has 2 N–H and O–H groups in total. The van der Waals surface area contributed by atoms with Crippen LogP contribution in [0.3, 0.4) is 0 Å². The van der Waals surface area contributed by atoms with Gasteiger partial charge in [-0.15, -0.1) is 0 Å². The Morgan fingerprint density at radius 3 is 2.31 bits per heavy atom. The number of hydrogen-bond acceptors (Lipinski definition) is 4. The van der Waals surface area contributed by atoms with Crippen molar-refractivity contribution in [3.63, 3.8) is 0 Å². The number of piperidine rings is 1. The lowest BCUT2D eigenvalue weighted by Crippen LogP contribution is -2.51. The van der Waals surface area contributed by atoms with E-state index in [1.807, 2.05) is 25.1 Å². The van der Waals surface area contributed by atoms with Crippen LogP contribution in [0.1, 0.15) is 43.7 Å². The molecule has 0 bridgehead atoms. The Balaban J connectivity index is 1.75. The summed E-state index contributed by atoms with van der Waals surface area (Å²) in [6, 6.07) is 13.4. The van der Waals surface area contributed by atoms with Gasteiger partial charge in [0.25, 0.3) is 0 Å². The zero-order valence-corrected chi connectivity index (χ0v) is 17.7. The van der Waals surface area contributed by atoms with E-state index in [9.17, 15) is 23.4 Å². The van der Waals surface area contributed by atoms with Gasteiger partial charge in [0.15, 0.2) is 4.75 Å². The SMILES string of the molecule is Cc1cc(C2CCN(S(=O)(=O)C(C)(C)C(=O)O)CC2)ccc1-c1cccc(O)c1. The highest BCUT2D eigenvalue weighted by Gasteiger charge is 2.46. The van der Waals surface area contributed by atoms with Gasteiger partial charge in [0.2, 0.25) is 10.0 Å². The standard InChI is InChI=1S/C22H27NO5S/c1-15-13-17(7-8-20(15)18-5-4-6-19(24)14-18)16-9-11-23(12-10-16)29(27,28)22(2,3)21(25)26/h4-8,13-14,16,24H,9-12H2,1-3H3,(H,25,26). The van der Waals surface area contributed by atoms with E-state index < -0.39 is 20.7 Å². The first kappa shape index (κ1) is 21.3. The van der Waals surface area contributed by atoms with E-state index in [0.717, 1.165) is 22.3 Å². The number of aryl methyl sites for hydroxylation is 1. The summed E-state index contributed by atoms with van der Waals surface area (Å²) in [5.41, 5.74) is 4.25. The number of carboxylic acids is 1. The van der Waals surface area contributed by atoms with E-state index >= 15 is 0 Å². The molecule has 0 aromatic heterocycles. The second kappa shape index (κ2) is 7.80. The lowest BCUT2D eigenvalue weighted by Gasteiger charge is -2.35. The van der Waals surface area contributed by atoms with E-state index in [2.05, 4.69) is 12.1 Å². The minimum atomic E-state index is -3.91. The zero-order chi connectivity index (χ0) is 21.4. The van der Waals surface area contributed by atoms with Gasteiger partial charge in [-0.1, -0.05) is 30.3 Å². The first-order chi connectivity index (χ1) is 13.5. The van der Waals surface area contributed by atoms with Crippen LogP contribution in [-0.4, -0.2) is 46.7 Å². The van der Waals surface area contributed by atoms with Gasteiger partial charge in [0.1, 0.15) is 5.75 Å². The number of phenols is 1. The Bertz CT molecular complexity index is 1020. The molecule has 1 fully saturated rings. The molecule has 0 radical (unpaired) electrons. The number of aliphatic carboxylic acids is 1. The van der Waals surface area contributed by atoms with E-state index in [1.54, 1.807) is 12.1 Å². The summed E-state index contributed by atoms with van der Waals surface area (Å²) in [4.78, 5) is 11.4. The molecule has 1 aliphatic heterocycles. The number of benzene rings is 2. The van der Waals surface area contributed by atoms with Crippen LogP contribution in [0.4, 0.5) is 0 Å². The number of nitrogens with zero attached hydrogens (tertiary/aromatic N) is 1. The molecule has 0 aliphatic carbocycles. The molecule has 0 unspecified atom stereocenters. The van der Waals surface area contributed by atoms with Crippen LogP contribution in [0, 0.1) is 6.92 Å². The Morgan fingerprint density at radius 1 is 1.10 bits per heavy atom. The fourth-order valence-corrected chi connectivity index (χ4v) is 5.36. The van der Waals surface area contributed by atoms with Crippen molar-refractivity contribution >= 4 is 16.0 Å². The zero-order valence-electron chi connectivity index (χ0n) is 16.9. The Labute approximate surface area is 171 Å². The smallest absolute Gasteiger partial charge is 0.325 e.